The Bertz CT molecular complexity index is 1120. The summed E-state index contributed by atoms with van der Waals surface area (Å²) in [7, 11) is 1.61. The number of halogens is 1. The number of hydrogen-bond acceptors (Lipinski definition) is 6. The third kappa shape index (κ3) is 3.62. The molecule has 0 bridgehead atoms. The quantitative estimate of drug-likeness (QED) is 0.477. The molecule has 2 aromatic heterocycles. The molecular formula is C20H14ClN3O3S. The fourth-order valence-corrected chi connectivity index (χ4v) is 3.52. The van der Waals surface area contributed by atoms with E-state index in [4.69, 9.17) is 20.9 Å². The molecule has 0 radical (unpaired) electrons. The Balaban J connectivity index is 1.57. The number of ether oxygens (including phenoxy) is 1. The highest BCUT2D eigenvalue weighted by molar-refractivity contribution is 7.14. The van der Waals surface area contributed by atoms with Crippen molar-refractivity contribution in [2.24, 2.45) is 0 Å². The van der Waals surface area contributed by atoms with Gasteiger partial charge in [-0.2, -0.15) is 0 Å². The van der Waals surface area contributed by atoms with Crippen LogP contribution in [-0.2, 0) is 0 Å². The molecule has 0 aliphatic carbocycles. The van der Waals surface area contributed by atoms with Crippen LogP contribution >= 0.6 is 22.9 Å². The van der Waals surface area contributed by atoms with Gasteiger partial charge < -0.3 is 9.26 Å². The van der Waals surface area contributed by atoms with Gasteiger partial charge in [0.2, 0.25) is 0 Å². The van der Waals surface area contributed by atoms with Crippen LogP contribution in [-0.4, -0.2) is 23.2 Å². The number of methoxy groups -OCH3 is 1. The monoisotopic (exact) mass is 411 g/mol. The normalized spacial score (nSPS) is 10.6. The molecular weight excluding hydrogens is 398 g/mol. The van der Waals surface area contributed by atoms with Gasteiger partial charge in [-0.3, -0.25) is 10.1 Å². The van der Waals surface area contributed by atoms with Crippen LogP contribution in [0.1, 0.15) is 10.4 Å². The minimum atomic E-state index is -0.355. The molecule has 28 heavy (non-hydrogen) atoms. The van der Waals surface area contributed by atoms with E-state index < -0.39 is 0 Å². The molecule has 6 nitrogen and oxygen atoms in total. The van der Waals surface area contributed by atoms with Gasteiger partial charge in [-0.1, -0.05) is 28.9 Å². The van der Waals surface area contributed by atoms with E-state index in [1.807, 2.05) is 29.6 Å². The van der Waals surface area contributed by atoms with Gasteiger partial charge >= 0.3 is 0 Å². The third-order valence-electron chi connectivity index (χ3n) is 4.03. The Morgan fingerprint density at radius 3 is 2.75 bits per heavy atom. The van der Waals surface area contributed by atoms with Gasteiger partial charge in [0.1, 0.15) is 11.3 Å². The fraction of sp³-hybridized carbons (Fsp3) is 0.0500. The average Bonchev–Trinajstić information content (AvgIpc) is 3.38. The smallest absolute Gasteiger partial charge is 0.263 e. The van der Waals surface area contributed by atoms with Crippen LogP contribution in [0.2, 0.25) is 5.02 Å². The second-order valence-electron chi connectivity index (χ2n) is 5.77. The summed E-state index contributed by atoms with van der Waals surface area (Å²) in [5, 5.41) is 9.48. The topological polar surface area (TPSA) is 77.2 Å². The number of hydrogen-bond donors (Lipinski definition) is 1. The molecule has 140 valence electrons. The minimum absolute atomic E-state index is 0.316. The number of nitrogens with one attached hydrogen (secondary N) is 1. The van der Waals surface area contributed by atoms with Crippen molar-refractivity contribution in [3.8, 4) is 28.3 Å². The van der Waals surface area contributed by atoms with Crippen molar-refractivity contribution in [3.63, 3.8) is 0 Å². The number of anilines is 1. The first-order chi connectivity index (χ1) is 13.7. The van der Waals surface area contributed by atoms with Crippen molar-refractivity contribution in [1.29, 1.82) is 0 Å². The molecule has 4 aromatic rings. The highest BCUT2D eigenvalue weighted by atomic mass is 35.5. The van der Waals surface area contributed by atoms with Crippen LogP contribution < -0.4 is 10.1 Å². The predicted octanol–water partition coefficient (Wildman–Crippen LogP) is 5.38. The van der Waals surface area contributed by atoms with E-state index in [9.17, 15) is 4.79 Å². The lowest BCUT2D eigenvalue weighted by Crippen LogP contribution is -2.11. The Morgan fingerprint density at radius 1 is 1.18 bits per heavy atom. The van der Waals surface area contributed by atoms with Crippen LogP contribution in [0.5, 0.6) is 5.75 Å². The molecule has 4 rings (SSSR count). The summed E-state index contributed by atoms with van der Waals surface area (Å²) in [6, 6.07) is 14.6. The Hall–Kier alpha value is -3.16. The van der Waals surface area contributed by atoms with Crippen LogP contribution in [0.15, 0.2) is 64.6 Å². The lowest BCUT2D eigenvalue weighted by molar-refractivity contribution is 0.102. The van der Waals surface area contributed by atoms with Crippen molar-refractivity contribution < 1.29 is 14.1 Å². The molecule has 0 spiro atoms. The van der Waals surface area contributed by atoms with E-state index in [-0.39, 0.29) is 5.91 Å². The number of para-hydroxylation sites is 1. The number of amides is 1. The molecule has 0 atom stereocenters. The van der Waals surface area contributed by atoms with Gasteiger partial charge in [-0.25, -0.2) is 4.98 Å². The second-order valence-corrected chi connectivity index (χ2v) is 7.06. The van der Waals surface area contributed by atoms with Crippen molar-refractivity contribution in [1.82, 2.24) is 10.1 Å². The van der Waals surface area contributed by atoms with Gasteiger partial charge in [0, 0.05) is 21.5 Å². The minimum Gasteiger partial charge on any atom is -0.496 e. The third-order valence-corrected chi connectivity index (χ3v) is 5.04. The summed E-state index contributed by atoms with van der Waals surface area (Å²) < 4.78 is 10.6. The lowest BCUT2D eigenvalue weighted by Gasteiger charge is -2.05. The van der Waals surface area contributed by atoms with Crippen molar-refractivity contribution in [2.75, 3.05) is 12.4 Å². The van der Waals surface area contributed by atoms with Crippen LogP contribution in [0.25, 0.3) is 22.6 Å². The molecule has 8 heteroatoms. The molecule has 0 saturated heterocycles. The number of nitrogens with zero attached hydrogens (tertiary/aromatic N) is 2. The average molecular weight is 412 g/mol. The first kappa shape index (κ1) is 18.2. The van der Waals surface area contributed by atoms with Crippen molar-refractivity contribution in [3.05, 3.63) is 70.7 Å². The van der Waals surface area contributed by atoms with E-state index in [1.165, 1.54) is 17.5 Å². The summed E-state index contributed by atoms with van der Waals surface area (Å²) in [5.74, 6) is 0.734. The summed E-state index contributed by atoms with van der Waals surface area (Å²) in [4.78, 5) is 17.2. The zero-order valence-electron chi connectivity index (χ0n) is 14.7. The Labute approximate surface area is 169 Å². The first-order valence-electron chi connectivity index (χ1n) is 8.26. The molecule has 0 saturated carbocycles. The van der Waals surface area contributed by atoms with Crippen LogP contribution in [0, 0.1) is 0 Å². The Morgan fingerprint density at radius 2 is 1.96 bits per heavy atom. The molecule has 0 aliphatic rings. The van der Waals surface area contributed by atoms with E-state index in [0.29, 0.717) is 27.0 Å². The molecule has 0 aliphatic heterocycles. The number of rotatable bonds is 5. The maximum Gasteiger partial charge on any atom is 0.263 e. The molecule has 0 fully saturated rings. The van der Waals surface area contributed by atoms with Gasteiger partial charge in [0.25, 0.3) is 5.91 Å². The summed E-state index contributed by atoms with van der Waals surface area (Å²) in [5.41, 5.74) is 2.60. The fourth-order valence-electron chi connectivity index (χ4n) is 2.69. The largest absolute Gasteiger partial charge is 0.496 e. The maximum atomic E-state index is 12.7. The molecule has 2 heterocycles. The SMILES string of the molecule is COc1ccccc1-c1csc(NC(=O)c2cnoc2-c2ccc(Cl)cc2)n1. The molecule has 0 unspecified atom stereocenters. The van der Waals surface area contributed by atoms with E-state index >= 15 is 0 Å². The van der Waals surface area contributed by atoms with Crippen LogP contribution in [0.3, 0.4) is 0 Å². The first-order valence-corrected chi connectivity index (χ1v) is 9.52. The van der Waals surface area contributed by atoms with Gasteiger partial charge in [-0.05, 0) is 36.4 Å². The summed E-state index contributed by atoms with van der Waals surface area (Å²) in [6.45, 7) is 0. The van der Waals surface area contributed by atoms with E-state index in [1.54, 1.807) is 31.4 Å². The zero-order chi connectivity index (χ0) is 19.5. The summed E-state index contributed by atoms with van der Waals surface area (Å²) in [6.07, 6.45) is 1.38. The van der Waals surface area contributed by atoms with E-state index in [0.717, 1.165) is 17.0 Å². The molecule has 1 N–H and O–H groups in total. The predicted molar refractivity (Wildman–Crippen MR) is 109 cm³/mol. The zero-order valence-corrected chi connectivity index (χ0v) is 16.3. The van der Waals surface area contributed by atoms with Gasteiger partial charge in [0.15, 0.2) is 10.9 Å². The van der Waals surface area contributed by atoms with Crippen molar-refractivity contribution >= 4 is 34.0 Å². The second kappa shape index (κ2) is 7.84. The van der Waals surface area contributed by atoms with Crippen LogP contribution in [0.4, 0.5) is 5.13 Å². The van der Waals surface area contributed by atoms with Crippen molar-refractivity contribution in [2.45, 2.75) is 0 Å². The maximum absolute atomic E-state index is 12.7. The number of aromatic nitrogens is 2. The highest BCUT2D eigenvalue weighted by Gasteiger charge is 2.19. The number of thiazole rings is 1. The van der Waals surface area contributed by atoms with Gasteiger partial charge in [0.05, 0.1) is 19.0 Å². The highest BCUT2D eigenvalue weighted by Crippen LogP contribution is 2.32. The summed E-state index contributed by atoms with van der Waals surface area (Å²) >= 11 is 7.24. The van der Waals surface area contributed by atoms with Gasteiger partial charge in [-0.15, -0.1) is 11.3 Å². The van der Waals surface area contributed by atoms with E-state index in [2.05, 4.69) is 15.5 Å². The molecule has 2 aromatic carbocycles. The number of benzene rings is 2. The number of carbonyl (C=O) groups is 1. The number of carbonyl (C=O) groups excluding carboxylic acids is 1. The molecule has 1 amide bonds. The standard InChI is InChI=1S/C20H14ClN3O3S/c1-26-17-5-3-2-4-14(17)16-11-28-20(23-16)24-19(25)15-10-22-27-18(15)12-6-8-13(21)9-7-12/h2-11H,1H3,(H,23,24,25). The Kier molecular flexibility index (Phi) is 5.10. The lowest BCUT2D eigenvalue weighted by atomic mass is 10.1.